The first-order chi connectivity index (χ1) is 34.3. The summed E-state index contributed by atoms with van der Waals surface area (Å²) in [7, 11) is 0. The molecule has 0 saturated carbocycles. The molecule has 324 valence electrons. The van der Waals surface area contributed by atoms with E-state index in [1.807, 2.05) is 0 Å². The lowest BCUT2D eigenvalue weighted by atomic mass is 9.83. The molecule has 69 heavy (non-hydrogen) atoms. The first-order valence-electron chi connectivity index (χ1n) is 23.8. The van der Waals surface area contributed by atoms with E-state index in [0.29, 0.717) is 0 Å². The molecule has 1 heteroatoms. The molecule has 0 heterocycles. The second-order valence-corrected chi connectivity index (χ2v) is 17.6. The fraction of sp³-hybridized carbons (Fsp3) is 0. The highest BCUT2D eigenvalue weighted by molar-refractivity contribution is 6.25. The Morgan fingerprint density at radius 1 is 0.188 bits per heavy atom. The molecule has 0 radical (unpaired) electrons. The van der Waals surface area contributed by atoms with E-state index in [1.165, 1.54) is 93.9 Å². The van der Waals surface area contributed by atoms with Gasteiger partial charge in [-0.25, -0.2) is 0 Å². The van der Waals surface area contributed by atoms with Crippen molar-refractivity contribution in [3.63, 3.8) is 0 Å². The van der Waals surface area contributed by atoms with Gasteiger partial charge in [0.2, 0.25) is 0 Å². The van der Waals surface area contributed by atoms with Crippen LogP contribution in [-0.2, 0) is 0 Å². The van der Waals surface area contributed by atoms with Gasteiger partial charge in [0.1, 0.15) is 0 Å². The van der Waals surface area contributed by atoms with Gasteiger partial charge in [-0.05, 0) is 136 Å². The summed E-state index contributed by atoms with van der Waals surface area (Å²) in [6, 6.07) is 104. The van der Waals surface area contributed by atoms with Crippen LogP contribution in [0.5, 0.6) is 0 Å². The fourth-order valence-electron chi connectivity index (χ4n) is 10.3. The summed E-state index contributed by atoms with van der Waals surface area (Å²) in [5.41, 5.74) is 20.0. The number of benzene rings is 12. The van der Waals surface area contributed by atoms with E-state index >= 15 is 0 Å². The zero-order chi connectivity index (χ0) is 45.9. The Labute approximate surface area is 404 Å². The Hall–Kier alpha value is -9.04. The maximum Gasteiger partial charge on any atom is 0.0468 e. The lowest BCUT2D eigenvalue weighted by Crippen LogP contribution is -2.10. The predicted octanol–water partition coefficient (Wildman–Crippen LogP) is 19.1. The summed E-state index contributed by atoms with van der Waals surface area (Å²) >= 11 is 0. The van der Waals surface area contributed by atoms with Gasteiger partial charge in [-0.15, -0.1) is 0 Å². The van der Waals surface area contributed by atoms with E-state index in [-0.39, 0.29) is 0 Å². The Kier molecular flexibility index (Phi) is 11.0. The lowest BCUT2D eigenvalue weighted by molar-refractivity contribution is 1.28. The highest BCUT2D eigenvalue weighted by Crippen LogP contribution is 2.48. The van der Waals surface area contributed by atoms with Crippen LogP contribution in [-0.4, -0.2) is 0 Å². The maximum atomic E-state index is 2.42. The third-order valence-electron chi connectivity index (χ3n) is 13.5. The van der Waals surface area contributed by atoms with Gasteiger partial charge in [-0.1, -0.05) is 249 Å². The van der Waals surface area contributed by atoms with Gasteiger partial charge < -0.3 is 4.90 Å². The van der Waals surface area contributed by atoms with Crippen molar-refractivity contribution < 1.29 is 0 Å². The largest absolute Gasteiger partial charge is 0.310 e. The Bertz CT molecular complexity index is 3590. The minimum absolute atomic E-state index is 1.07. The number of hydrogen-bond donors (Lipinski definition) is 0. The van der Waals surface area contributed by atoms with Gasteiger partial charge >= 0.3 is 0 Å². The minimum atomic E-state index is 1.07. The van der Waals surface area contributed by atoms with Crippen molar-refractivity contribution in [1.29, 1.82) is 0 Å². The molecule has 0 aliphatic carbocycles. The van der Waals surface area contributed by atoms with Crippen molar-refractivity contribution in [2.45, 2.75) is 0 Å². The monoisotopic (exact) mass is 877 g/mol. The summed E-state index contributed by atoms with van der Waals surface area (Å²) in [6.07, 6.45) is 0. The van der Waals surface area contributed by atoms with E-state index in [9.17, 15) is 0 Å². The van der Waals surface area contributed by atoms with Crippen LogP contribution in [0.25, 0.3) is 99.4 Å². The SMILES string of the molecule is c1ccc(-c2ccc(N(c3ccc(-c4cccc5c(-c6ccccc6)c(-c6ccccc6)c6ccccc6c45)cc3)c3ccc(-c4ccccc4)c(-c4ccccc4)c3)cc2-c2ccccc2)cc1. The third-order valence-corrected chi connectivity index (χ3v) is 13.5. The first-order valence-corrected chi connectivity index (χ1v) is 23.8. The molecule has 0 N–H and O–H groups in total. The van der Waals surface area contributed by atoms with E-state index < -0.39 is 0 Å². The van der Waals surface area contributed by atoms with Crippen LogP contribution >= 0.6 is 0 Å². The van der Waals surface area contributed by atoms with Crippen LogP contribution in [0.4, 0.5) is 17.1 Å². The highest BCUT2D eigenvalue weighted by Gasteiger charge is 2.22. The molecule has 0 aliphatic heterocycles. The van der Waals surface area contributed by atoms with Gasteiger partial charge in [0.05, 0.1) is 0 Å². The molecule has 1 nitrogen and oxygen atoms in total. The van der Waals surface area contributed by atoms with Crippen LogP contribution < -0.4 is 4.90 Å². The molecule has 0 atom stereocenters. The lowest BCUT2D eigenvalue weighted by Gasteiger charge is -2.28. The van der Waals surface area contributed by atoms with Gasteiger partial charge in [-0.3, -0.25) is 0 Å². The standard InChI is InChI=1S/C68H47N/c1-7-22-48(23-8-1)58-44-42-56(46-64(58)50-26-11-3-12-27-50)69(57-43-45-59(49-24-9-2-10-25-49)65(47-57)51-28-13-4-14-29-51)55-40-38-52(39-41-55)60-36-21-37-63-67(54-32-17-6-18-33-54)66(53-30-15-5-16-31-53)61-34-19-20-35-62(61)68(60)63/h1-47H. The van der Waals surface area contributed by atoms with Crippen LogP contribution in [0, 0.1) is 0 Å². The van der Waals surface area contributed by atoms with Crippen LogP contribution in [0.15, 0.2) is 285 Å². The minimum Gasteiger partial charge on any atom is -0.310 e. The fourth-order valence-corrected chi connectivity index (χ4v) is 10.3. The quantitative estimate of drug-likeness (QED) is 0.124. The van der Waals surface area contributed by atoms with Gasteiger partial charge in [0.25, 0.3) is 0 Å². The van der Waals surface area contributed by atoms with E-state index in [2.05, 4.69) is 290 Å². The van der Waals surface area contributed by atoms with Crippen molar-refractivity contribution in [1.82, 2.24) is 0 Å². The molecular formula is C68H47N. The summed E-state index contributed by atoms with van der Waals surface area (Å²) in [4.78, 5) is 2.42. The third kappa shape index (κ3) is 7.86. The summed E-state index contributed by atoms with van der Waals surface area (Å²) in [5.74, 6) is 0. The van der Waals surface area contributed by atoms with Gasteiger partial charge in [0.15, 0.2) is 0 Å². The molecule has 12 aromatic rings. The molecule has 0 aliphatic rings. The van der Waals surface area contributed by atoms with Crippen molar-refractivity contribution in [3.8, 4) is 77.9 Å². The normalized spacial score (nSPS) is 11.2. The predicted molar refractivity (Wildman–Crippen MR) is 294 cm³/mol. The van der Waals surface area contributed by atoms with Gasteiger partial charge in [0, 0.05) is 17.1 Å². The summed E-state index contributed by atoms with van der Waals surface area (Å²) < 4.78 is 0. The molecule has 0 amide bonds. The first kappa shape index (κ1) is 41.4. The van der Waals surface area contributed by atoms with E-state index in [4.69, 9.17) is 0 Å². The molecule has 0 saturated heterocycles. The molecule has 12 rings (SSSR count). The Balaban J connectivity index is 1.07. The maximum absolute atomic E-state index is 2.42. The number of fused-ring (bicyclic) bond motifs is 3. The van der Waals surface area contributed by atoms with Crippen LogP contribution in [0.2, 0.25) is 0 Å². The molecular weight excluding hydrogens is 831 g/mol. The zero-order valence-electron chi connectivity index (χ0n) is 38.1. The van der Waals surface area contributed by atoms with Crippen LogP contribution in [0.3, 0.4) is 0 Å². The Morgan fingerprint density at radius 3 is 0.971 bits per heavy atom. The van der Waals surface area contributed by atoms with Gasteiger partial charge in [-0.2, -0.15) is 0 Å². The second-order valence-electron chi connectivity index (χ2n) is 17.6. The van der Waals surface area contributed by atoms with E-state index in [1.54, 1.807) is 0 Å². The Morgan fingerprint density at radius 2 is 0.522 bits per heavy atom. The average molecular weight is 878 g/mol. The number of rotatable bonds is 10. The van der Waals surface area contributed by atoms with Crippen molar-refractivity contribution in [2.75, 3.05) is 4.90 Å². The van der Waals surface area contributed by atoms with E-state index in [0.717, 1.165) is 22.6 Å². The molecule has 0 bridgehead atoms. The number of anilines is 3. The zero-order valence-corrected chi connectivity index (χ0v) is 38.1. The molecule has 12 aromatic carbocycles. The molecule has 0 unspecified atom stereocenters. The second kappa shape index (κ2) is 18.3. The molecule has 0 fully saturated rings. The van der Waals surface area contributed by atoms with Crippen molar-refractivity contribution in [2.24, 2.45) is 0 Å². The highest BCUT2D eigenvalue weighted by atomic mass is 15.1. The van der Waals surface area contributed by atoms with Crippen molar-refractivity contribution in [3.05, 3.63) is 285 Å². The smallest absolute Gasteiger partial charge is 0.0468 e. The average Bonchev–Trinajstić information content (AvgIpc) is 3.44. The number of nitrogens with zero attached hydrogens (tertiary/aromatic N) is 1. The molecule has 0 aromatic heterocycles. The topological polar surface area (TPSA) is 3.24 Å². The number of hydrogen-bond acceptors (Lipinski definition) is 1. The van der Waals surface area contributed by atoms with Crippen LogP contribution in [0.1, 0.15) is 0 Å². The summed E-state index contributed by atoms with van der Waals surface area (Å²) in [5, 5.41) is 4.97. The summed E-state index contributed by atoms with van der Waals surface area (Å²) in [6.45, 7) is 0. The van der Waals surface area contributed by atoms with Crippen molar-refractivity contribution >= 4 is 38.6 Å². The molecule has 0 spiro atoms.